The molecule has 3 heterocycles. The van der Waals surface area contributed by atoms with Crippen LogP contribution in [0.4, 0.5) is 17.6 Å². The highest BCUT2D eigenvalue weighted by atomic mass is 19.4. The van der Waals surface area contributed by atoms with Crippen molar-refractivity contribution in [3.05, 3.63) is 53.7 Å². The minimum Gasteiger partial charge on any atom is -0.475 e. The van der Waals surface area contributed by atoms with Crippen LogP contribution < -0.4 is 5.32 Å². The summed E-state index contributed by atoms with van der Waals surface area (Å²) in [6.45, 7) is 3.54. The van der Waals surface area contributed by atoms with E-state index in [1.165, 1.54) is 12.3 Å². The Hall–Kier alpha value is -2.99. The molecule has 0 bridgehead atoms. The molecule has 1 aromatic carbocycles. The Labute approximate surface area is 186 Å². The number of nitrogens with one attached hydrogen (secondary N) is 1. The lowest BCUT2D eigenvalue weighted by molar-refractivity contribution is -0.192. The molecule has 0 radical (unpaired) electrons. The predicted molar refractivity (Wildman–Crippen MR) is 106 cm³/mol. The van der Waals surface area contributed by atoms with Crippen molar-refractivity contribution in [3.8, 4) is 0 Å². The second kappa shape index (κ2) is 10.3. The summed E-state index contributed by atoms with van der Waals surface area (Å²) in [7, 11) is 0. The molecule has 2 aliphatic rings. The average Bonchev–Trinajstić information content (AvgIpc) is 3.39. The second-order valence-corrected chi connectivity index (χ2v) is 7.86. The van der Waals surface area contributed by atoms with Crippen molar-refractivity contribution in [2.24, 2.45) is 5.92 Å². The van der Waals surface area contributed by atoms with Gasteiger partial charge in [0.05, 0.1) is 11.8 Å². The van der Waals surface area contributed by atoms with Crippen molar-refractivity contribution in [2.75, 3.05) is 26.2 Å². The molecule has 1 spiro atoms. The van der Waals surface area contributed by atoms with Crippen LogP contribution in [-0.2, 0) is 16.1 Å². The van der Waals surface area contributed by atoms with Gasteiger partial charge in [-0.1, -0.05) is 23.4 Å². The normalized spacial score (nSPS) is 19.5. The Kier molecular flexibility index (Phi) is 7.69. The zero-order valence-electron chi connectivity index (χ0n) is 17.5. The Morgan fingerprint density at radius 2 is 1.94 bits per heavy atom. The van der Waals surface area contributed by atoms with E-state index >= 15 is 0 Å². The lowest BCUT2D eigenvalue weighted by atomic mass is 9.78. The number of carboxylic acid groups (broad SMARTS) is 1. The summed E-state index contributed by atoms with van der Waals surface area (Å²) in [5.41, 5.74) is 0.568. The van der Waals surface area contributed by atoms with Crippen LogP contribution in [0, 0.1) is 11.7 Å². The summed E-state index contributed by atoms with van der Waals surface area (Å²) in [6.07, 6.45) is -1.79. The monoisotopic (exact) mass is 473 g/mol. The average molecular weight is 473 g/mol. The number of likely N-dealkylation sites (tertiary alicyclic amines) is 1. The SMILES string of the molecule is O=C(NCCC1CCOC12CN(Cc1ccccc1F)C2)c1ccno1.O=C(O)C(F)(F)F. The quantitative estimate of drug-likeness (QED) is 0.622. The summed E-state index contributed by atoms with van der Waals surface area (Å²) in [5.74, 6) is -2.54. The number of amides is 1. The lowest BCUT2D eigenvalue weighted by Crippen LogP contribution is -2.64. The molecule has 1 amide bonds. The molecule has 1 atom stereocenters. The van der Waals surface area contributed by atoms with Crippen LogP contribution in [0.2, 0.25) is 0 Å². The largest absolute Gasteiger partial charge is 0.490 e. The predicted octanol–water partition coefficient (Wildman–Crippen LogP) is 2.86. The molecule has 12 heteroatoms. The Balaban J connectivity index is 0.000000383. The number of benzene rings is 1. The number of halogens is 4. The van der Waals surface area contributed by atoms with Crippen LogP contribution in [0.15, 0.2) is 41.1 Å². The van der Waals surface area contributed by atoms with Gasteiger partial charge >= 0.3 is 12.1 Å². The molecule has 2 aliphatic heterocycles. The smallest absolute Gasteiger partial charge is 0.475 e. The van der Waals surface area contributed by atoms with Crippen molar-refractivity contribution >= 4 is 11.9 Å². The number of aliphatic carboxylic acids is 1. The van der Waals surface area contributed by atoms with Crippen molar-refractivity contribution in [3.63, 3.8) is 0 Å². The topological polar surface area (TPSA) is 105 Å². The zero-order valence-corrected chi connectivity index (χ0v) is 17.5. The number of rotatable bonds is 6. The first kappa shape index (κ1) is 24.6. The van der Waals surface area contributed by atoms with Gasteiger partial charge in [0.2, 0.25) is 5.76 Å². The minimum atomic E-state index is -5.08. The van der Waals surface area contributed by atoms with E-state index in [0.717, 1.165) is 38.1 Å². The number of hydrogen-bond acceptors (Lipinski definition) is 6. The number of carbonyl (C=O) groups excluding carboxylic acids is 1. The van der Waals surface area contributed by atoms with Gasteiger partial charge in [-0.2, -0.15) is 13.2 Å². The van der Waals surface area contributed by atoms with E-state index in [2.05, 4.69) is 15.4 Å². The standard InChI is InChI=1S/C19H22FN3O3.C2HF3O2/c20-16-4-2-1-3-14(16)11-23-12-19(13-23)15(7-10-25-19)5-8-21-18(24)17-6-9-22-26-17;3-2(4,5)1(6)7/h1-4,6,9,15H,5,7-8,10-13H2,(H,21,24);(H,6,7). The third-order valence-electron chi connectivity index (χ3n) is 5.62. The fourth-order valence-electron chi connectivity index (χ4n) is 4.01. The summed E-state index contributed by atoms with van der Waals surface area (Å²) in [5, 5.41) is 13.5. The van der Waals surface area contributed by atoms with E-state index in [1.807, 2.05) is 12.1 Å². The fraction of sp³-hybridized carbons (Fsp3) is 0.476. The van der Waals surface area contributed by atoms with Crippen molar-refractivity contribution in [1.29, 1.82) is 0 Å². The molecule has 0 saturated carbocycles. The third kappa shape index (κ3) is 6.29. The van der Waals surface area contributed by atoms with Gasteiger partial charge < -0.3 is 19.7 Å². The van der Waals surface area contributed by atoms with Crippen molar-refractivity contribution < 1.29 is 41.5 Å². The van der Waals surface area contributed by atoms with Gasteiger partial charge in [0.1, 0.15) is 5.82 Å². The molecule has 8 nitrogen and oxygen atoms in total. The number of aromatic nitrogens is 1. The van der Waals surface area contributed by atoms with Crippen LogP contribution in [0.1, 0.15) is 29.0 Å². The fourth-order valence-corrected chi connectivity index (χ4v) is 4.01. The highest BCUT2D eigenvalue weighted by molar-refractivity contribution is 5.91. The molecule has 0 aliphatic carbocycles. The highest BCUT2D eigenvalue weighted by Gasteiger charge is 2.52. The van der Waals surface area contributed by atoms with Crippen LogP contribution >= 0.6 is 0 Å². The molecule has 33 heavy (non-hydrogen) atoms. The van der Waals surface area contributed by atoms with Crippen LogP contribution in [0.3, 0.4) is 0 Å². The molecular weight excluding hydrogens is 450 g/mol. The van der Waals surface area contributed by atoms with Gasteiger partial charge in [-0.25, -0.2) is 9.18 Å². The van der Waals surface area contributed by atoms with Gasteiger partial charge in [-0.15, -0.1) is 0 Å². The molecule has 180 valence electrons. The summed E-state index contributed by atoms with van der Waals surface area (Å²) in [6, 6.07) is 8.44. The Morgan fingerprint density at radius 1 is 1.24 bits per heavy atom. The van der Waals surface area contributed by atoms with Gasteiger partial charge in [0, 0.05) is 44.4 Å². The minimum absolute atomic E-state index is 0.151. The molecule has 2 N–H and O–H groups in total. The molecule has 1 unspecified atom stereocenters. The molecular formula is C21H23F4N3O5. The first-order chi connectivity index (χ1) is 15.6. The number of hydrogen-bond donors (Lipinski definition) is 2. The van der Waals surface area contributed by atoms with Crippen LogP contribution in [0.25, 0.3) is 0 Å². The maximum atomic E-state index is 13.8. The lowest BCUT2D eigenvalue weighted by Gasteiger charge is -2.50. The Bertz CT molecular complexity index is 946. The first-order valence-corrected chi connectivity index (χ1v) is 10.2. The zero-order chi connectivity index (χ0) is 24.1. The molecule has 2 aromatic rings. The van der Waals surface area contributed by atoms with Gasteiger partial charge in [0.25, 0.3) is 5.91 Å². The van der Waals surface area contributed by atoms with Crippen molar-refractivity contribution in [1.82, 2.24) is 15.4 Å². The highest BCUT2D eigenvalue weighted by Crippen LogP contribution is 2.42. The van der Waals surface area contributed by atoms with E-state index in [9.17, 15) is 22.4 Å². The van der Waals surface area contributed by atoms with E-state index < -0.39 is 12.1 Å². The summed E-state index contributed by atoms with van der Waals surface area (Å²) in [4.78, 5) is 23.0. The molecule has 2 saturated heterocycles. The maximum absolute atomic E-state index is 13.8. The first-order valence-electron chi connectivity index (χ1n) is 10.2. The Morgan fingerprint density at radius 3 is 2.55 bits per heavy atom. The van der Waals surface area contributed by atoms with Crippen LogP contribution in [0.5, 0.6) is 0 Å². The summed E-state index contributed by atoms with van der Waals surface area (Å²) >= 11 is 0. The van der Waals surface area contributed by atoms with Gasteiger partial charge in [-0.05, 0) is 24.8 Å². The van der Waals surface area contributed by atoms with Gasteiger partial charge in [0.15, 0.2) is 0 Å². The van der Waals surface area contributed by atoms with Crippen LogP contribution in [-0.4, -0.2) is 65.1 Å². The van der Waals surface area contributed by atoms with E-state index in [0.29, 0.717) is 19.0 Å². The number of carbonyl (C=O) groups is 2. The van der Waals surface area contributed by atoms with E-state index in [4.69, 9.17) is 19.2 Å². The summed E-state index contributed by atoms with van der Waals surface area (Å²) < 4.78 is 56.4. The third-order valence-corrected chi connectivity index (χ3v) is 5.62. The second-order valence-electron chi connectivity index (χ2n) is 7.86. The maximum Gasteiger partial charge on any atom is 0.490 e. The number of alkyl halides is 3. The van der Waals surface area contributed by atoms with E-state index in [-0.39, 0.29) is 23.1 Å². The number of ether oxygens (including phenoxy) is 1. The van der Waals surface area contributed by atoms with E-state index in [1.54, 1.807) is 12.1 Å². The van der Waals surface area contributed by atoms with Gasteiger partial charge in [-0.3, -0.25) is 9.69 Å². The molecule has 1 aromatic heterocycles. The molecule has 4 rings (SSSR count). The number of nitrogens with zero attached hydrogens (tertiary/aromatic N) is 2. The number of carboxylic acids is 1. The van der Waals surface area contributed by atoms with Crippen molar-refractivity contribution in [2.45, 2.75) is 31.2 Å². The molecule has 2 fully saturated rings.